The van der Waals surface area contributed by atoms with E-state index < -0.39 is 16.4 Å². The van der Waals surface area contributed by atoms with Crippen molar-refractivity contribution >= 4 is 28.7 Å². The standard InChI is InChI=1S/C20H15N3O3S/c1-12-3-5-16(13(2)7-12)17-11-27-20(22-17)15(10-21)8-14-4-6-19(24)18(9-14)23(25)26/h3-9,11,24H,1-2H3/b15-8-. The van der Waals surface area contributed by atoms with Crippen molar-refractivity contribution < 1.29 is 10.0 Å². The fourth-order valence-electron chi connectivity index (χ4n) is 2.71. The normalized spacial score (nSPS) is 11.2. The van der Waals surface area contributed by atoms with E-state index in [2.05, 4.69) is 17.1 Å². The van der Waals surface area contributed by atoms with Crippen molar-refractivity contribution in [2.75, 3.05) is 0 Å². The molecule has 0 saturated carbocycles. The molecule has 1 N–H and O–H groups in total. The molecule has 2 aromatic carbocycles. The number of aryl methyl sites for hydroxylation is 2. The molecular formula is C20H15N3O3S. The van der Waals surface area contributed by atoms with Crippen LogP contribution in [0.25, 0.3) is 22.9 Å². The van der Waals surface area contributed by atoms with E-state index in [-0.39, 0.29) is 0 Å². The Hall–Kier alpha value is -3.50. The number of hydrogen-bond donors (Lipinski definition) is 1. The number of phenols is 1. The molecule has 0 fully saturated rings. The Morgan fingerprint density at radius 3 is 2.74 bits per heavy atom. The van der Waals surface area contributed by atoms with Crippen LogP contribution < -0.4 is 0 Å². The SMILES string of the molecule is Cc1ccc(-c2csc(/C(C#N)=C\c3ccc(O)c([N+](=O)[O-])c3)n2)c(C)c1. The lowest BCUT2D eigenvalue weighted by Crippen LogP contribution is -1.90. The summed E-state index contributed by atoms with van der Waals surface area (Å²) < 4.78 is 0. The number of hydrogen-bond acceptors (Lipinski definition) is 6. The largest absolute Gasteiger partial charge is 0.502 e. The fourth-order valence-corrected chi connectivity index (χ4v) is 3.49. The second-order valence-electron chi connectivity index (χ2n) is 6.03. The molecule has 0 spiro atoms. The smallest absolute Gasteiger partial charge is 0.311 e. The van der Waals surface area contributed by atoms with Gasteiger partial charge in [-0.05, 0) is 37.1 Å². The summed E-state index contributed by atoms with van der Waals surface area (Å²) >= 11 is 1.34. The minimum absolute atomic E-state index is 0.302. The number of nitro groups is 1. The fraction of sp³-hybridized carbons (Fsp3) is 0.100. The van der Waals surface area contributed by atoms with Gasteiger partial charge >= 0.3 is 5.69 Å². The zero-order chi connectivity index (χ0) is 19.6. The lowest BCUT2D eigenvalue weighted by atomic mass is 10.0. The summed E-state index contributed by atoms with van der Waals surface area (Å²) in [5.74, 6) is -0.415. The number of aromatic hydroxyl groups is 1. The lowest BCUT2D eigenvalue weighted by Gasteiger charge is -2.03. The molecule has 0 saturated heterocycles. The first kappa shape index (κ1) is 18.3. The molecule has 3 rings (SSSR count). The van der Waals surface area contributed by atoms with Gasteiger partial charge in [0, 0.05) is 17.0 Å². The van der Waals surface area contributed by atoms with Crippen molar-refractivity contribution in [3.63, 3.8) is 0 Å². The van der Waals surface area contributed by atoms with Gasteiger partial charge in [-0.2, -0.15) is 5.26 Å². The zero-order valence-corrected chi connectivity index (χ0v) is 15.4. The summed E-state index contributed by atoms with van der Waals surface area (Å²) in [7, 11) is 0. The molecule has 6 nitrogen and oxygen atoms in total. The van der Waals surface area contributed by atoms with Crippen molar-refractivity contribution in [1.82, 2.24) is 4.98 Å². The Labute approximate surface area is 159 Å². The van der Waals surface area contributed by atoms with Crippen LogP contribution in [0.4, 0.5) is 5.69 Å². The summed E-state index contributed by atoms with van der Waals surface area (Å²) in [6, 6.07) is 12.2. The number of allylic oxidation sites excluding steroid dienone is 1. The number of thiazole rings is 1. The van der Waals surface area contributed by atoms with E-state index in [1.54, 1.807) is 0 Å². The molecule has 0 amide bonds. The van der Waals surface area contributed by atoms with E-state index in [0.717, 1.165) is 16.8 Å². The van der Waals surface area contributed by atoms with E-state index in [0.29, 0.717) is 16.1 Å². The van der Waals surface area contributed by atoms with Crippen molar-refractivity contribution in [3.05, 3.63) is 73.6 Å². The Morgan fingerprint density at radius 1 is 1.30 bits per heavy atom. The predicted octanol–water partition coefficient (Wildman–Crippen LogP) is 5.10. The molecule has 3 aromatic rings. The second kappa shape index (κ2) is 7.40. The van der Waals surface area contributed by atoms with Crippen LogP contribution in [0.2, 0.25) is 0 Å². The van der Waals surface area contributed by atoms with Crippen LogP contribution in [0, 0.1) is 35.3 Å². The van der Waals surface area contributed by atoms with Gasteiger partial charge in [0.25, 0.3) is 0 Å². The van der Waals surface area contributed by atoms with Crippen LogP contribution in [-0.2, 0) is 0 Å². The highest BCUT2D eigenvalue weighted by molar-refractivity contribution is 7.11. The first-order valence-corrected chi connectivity index (χ1v) is 8.89. The van der Waals surface area contributed by atoms with Crippen LogP contribution in [0.5, 0.6) is 5.75 Å². The van der Waals surface area contributed by atoms with E-state index in [1.807, 2.05) is 31.4 Å². The third-order valence-corrected chi connectivity index (χ3v) is 4.90. The molecule has 0 aliphatic rings. The zero-order valence-electron chi connectivity index (χ0n) is 14.6. The van der Waals surface area contributed by atoms with E-state index in [4.69, 9.17) is 0 Å². The molecule has 134 valence electrons. The molecule has 0 bridgehead atoms. The van der Waals surface area contributed by atoms with Crippen molar-refractivity contribution in [3.8, 4) is 23.1 Å². The van der Waals surface area contributed by atoms with Crippen LogP contribution in [0.15, 0.2) is 41.8 Å². The minimum atomic E-state index is -0.666. The Kier molecular flexibility index (Phi) is 5.01. The molecule has 1 heterocycles. The summed E-state index contributed by atoms with van der Waals surface area (Å²) in [5.41, 5.74) is 4.39. The van der Waals surface area contributed by atoms with E-state index >= 15 is 0 Å². The quantitative estimate of drug-likeness (QED) is 0.387. The third-order valence-electron chi connectivity index (χ3n) is 4.02. The molecule has 7 heteroatoms. The van der Waals surface area contributed by atoms with Gasteiger partial charge in [0.05, 0.1) is 16.2 Å². The van der Waals surface area contributed by atoms with Gasteiger partial charge in [0.15, 0.2) is 5.75 Å². The average Bonchev–Trinajstić information content (AvgIpc) is 3.10. The van der Waals surface area contributed by atoms with Gasteiger partial charge in [-0.3, -0.25) is 10.1 Å². The number of rotatable bonds is 4. The van der Waals surface area contributed by atoms with Gasteiger partial charge in [-0.15, -0.1) is 11.3 Å². The first-order valence-electron chi connectivity index (χ1n) is 8.02. The molecule has 0 unspecified atom stereocenters. The van der Waals surface area contributed by atoms with Crippen molar-refractivity contribution in [2.45, 2.75) is 13.8 Å². The highest BCUT2D eigenvalue weighted by Crippen LogP contribution is 2.31. The molecule has 0 radical (unpaired) electrons. The lowest BCUT2D eigenvalue weighted by molar-refractivity contribution is -0.385. The second-order valence-corrected chi connectivity index (χ2v) is 6.89. The molecule has 0 atom stereocenters. The summed E-state index contributed by atoms with van der Waals surface area (Å²) in [5, 5.41) is 32.4. The number of nitriles is 1. The van der Waals surface area contributed by atoms with Gasteiger partial charge in [0.2, 0.25) is 0 Å². The number of nitrogens with zero attached hydrogens (tertiary/aromatic N) is 3. The Morgan fingerprint density at radius 2 is 2.07 bits per heavy atom. The Balaban J connectivity index is 1.99. The molecule has 0 aliphatic carbocycles. The Bertz CT molecular complexity index is 1110. The summed E-state index contributed by atoms with van der Waals surface area (Å²) in [6.07, 6.45) is 1.52. The number of nitro benzene ring substituents is 1. The minimum Gasteiger partial charge on any atom is -0.502 e. The maximum absolute atomic E-state index is 11.0. The van der Waals surface area contributed by atoms with Crippen molar-refractivity contribution in [2.24, 2.45) is 0 Å². The molecule has 27 heavy (non-hydrogen) atoms. The van der Waals surface area contributed by atoms with E-state index in [1.165, 1.54) is 41.2 Å². The maximum atomic E-state index is 11.0. The monoisotopic (exact) mass is 377 g/mol. The van der Waals surface area contributed by atoms with Gasteiger partial charge in [-0.1, -0.05) is 29.8 Å². The van der Waals surface area contributed by atoms with Gasteiger partial charge in [-0.25, -0.2) is 4.98 Å². The third kappa shape index (κ3) is 3.86. The predicted molar refractivity (Wildman–Crippen MR) is 105 cm³/mol. The summed E-state index contributed by atoms with van der Waals surface area (Å²) in [4.78, 5) is 14.9. The van der Waals surface area contributed by atoms with Gasteiger partial charge < -0.3 is 5.11 Å². The van der Waals surface area contributed by atoms with Crippen LogP contribution >= 0.6 is 11.3 Å². The summed E-state index contributed by atoms with van der Waals surface area (Å²) in [6.45, 7) is 4.04. The van der Waals surface area contributed by atoms with E-state index in [9.17, 15) is 20.5 Å². The molecule has 1 aromatic heterocycles. The first-order chi connectivity index (χ1) is 12.9. The topological polar surface area (TPSA) is 100 Å². The average molecular weight is 377 g/mol. The highest BCUT2D eigenvalue weighted by atomic mass is 32.1. The van der Waals surface area contributed by atoms with Crippen LogP contribution in [-0.4, -0.2) is 15.0 Å². The molecule has 0 aliphatic heterocycles. The maximum Gasteiger partial charge on any atom is 0.311 e. The van der Waals surface area contributed by atoms with Crippen molar-refractivity contribution in [1.29, 1.82) is 5.26 Å². The number of benzene rings is 2. The highest BCUT2D eigenvalue weighted by Gasteiger charge is 2.15. The van der Waals surface area contributed by atoms with Crippen LogP contribution in [0.1, 0.15) is 21.7 Å². The number of phenolic OH excluding ortho intramolecular Hbond substituents is 1. The molecular weight excluding hydrogens is 362 g/mol. The van der Waals surface area contributed by atoms with Crippen LogP contribution in [0.3, 0.4) is 0 Å². The van der Waals surface area contributed by atoms with Gasteiger partial charge in [0.1, 0.15) is 11.1 Å². The number of aromatic nitrogens is 1.